The molecule has 1 aromatic carbocycles. The molecule has 2 rings (SSSR count). The molecule has 0 saturated carbocycles. The lowest BCUT2D eigenvalue weighted by Gasteiger charge is -2.12. The van der Waals surface area contributed by atoms with Crippen LogP contribution in [0, 0.1) is 12.3 Å². The number of hydrogen-bond donors (Lipinski definition) is 1. The number of unbranched alkanes of at least 4 members (excludes halogenated alkanes) is 1. The zero-order valence-electron chi connectivity index (χ0n) is 10.1. The van der Waals surface area contributed by atoms with Crippen LogP contribution in [-0.4, -0.2) is 7.05 Å². The van der Waals surface area contributed by atoms with Gasteiger partial charge in [0.1, 0.15) is 11.3 Å². The molecule has 0 radical (unpaired) electrons. The molecule has 2 aromatic rings. The molecule has 2 heteroatoms. The third kappa shape index (κ3) is 2.69. The van der Waals surface area contributed by atoms with Crippen LogP contribution in [-0.2, 0) is 0 Å². The Morgan fingerprint density at radius 3 is 2.94 bits per heavy atom. The second kappa shape index (κ2) is 5.56. The van der Waals surface area contributed by atoms with Gasteiger partial charge >= 0.3 is 0 Å². The highest BCUT2D eigenvalue weighted by molar-refractivity contribution is 5.77. The number of nitrogens with one attached hydrogen (secondary N) is 1. The lowest BCUT2D eigenvalue weighted by Crippen LogP contribution is -2.15. The zero-order valence-corrected chi connectivity index (χ0v) is 10.1. The van der Waals surface area contributed by atoms with Gasteiger partial charge in [0.2, 0.25) is 0 Å². The molecule has 2 nitrogen and oxygen atoms in total. The van der Waals surface area contributed by atoms with Crippen LogP contribution in [0.25, 0.3) is 11.0 Å². The first-order chi connectivity index (χ1) is 8.35. The van der Waals surface area contributed by atoms with Gasteiger partial charge in [-0.15, -0.1) is 12.3 Å². The largest absolute Gasteiger partial charge is 0.459 e. The predicted molar refractivity (Wildman–Crippen MR) is 70.7 cm³/mol. The Morgan fingerprint density at radius 1 is 1.41 bits per heavy atom. The highest BCUT2D eigenvalue weighted by atomic mass is 16.3. The van der Waals surface area contributed by atoms with Crippen LogP contribution in [0.5, 0.6) is 0 Å². The molecule has 0 saturated heterocycles. The fraction of sp³-hybridized carbons (Fsp3) is 0.333. The summed E-state index contributed by atoms with van der Waals surface area (Å²) in [6.07, 6.45) is 8.09. The second-order valence-corrected chi connectivity index (χ2v) is 4.12. The first-order valence-electron chi connectivity index (χ1n) is 5.94. The number of rotatable bonds is 5. The van der Waals surface area contributed by atoms with E-state index in [1.54, 1.807) is 0 Å². The Labute approximate surface area is 102 Å². The van der Waals surface area contributed by atoms with Crippen molar-refractivity contribution < 1.29 is 4.42 Å². The number of furan rings is 1. The van der Waals surface area contributed by atoms with Crippen molar-refractivity contribution in [2.75, 3.05) is 7.05 Å². The van der Waals surface area contributed by atoms with E-state index in [9.17, 15) is 0 Å². The van der Waals surface area contributed by atoms with Crippen molar-refractivity contribution >= 4 is 11.0 Å². The van der Waals surface area contributed by atoms with E-state index < -0.39 is 0 Å². The zero-order chi connectivity index (χ0) is 12.1. The van der Waals surface area contributed by atoms with E-state index in [0.717, 1.165) is 36.0 Å². The Morgan fingerprint density at radius 2 is 2.24 bits per heavy atom. The Balaban J connectivity index is 2.16. The molecular formula is C15H17NO. The molecule has 0 aliphatic rings. The molecule has 0 aliphatic carbocycles. The topological polar surface area (TPSA) is 25.2 Å². The lowest BCUT2D eigenvalue weighted by molar-refractivity contribution is 0.426. The third-order valence-corrected chi connectivity index (χ3v) is 2.95. The molecule has 88 valence electrons. The summed E-state index contributed by atoms with van der Waals surface area (Å²) >= 11 is 0. The van der Waals surface area contributed by atoms with Crippen molar-refractivity contribution in [3.05, 3.63) is 36.1 Å². The minimum atomic E-state index is 0.246. The van der Waals surface area contributed by atoms with Crippen LogP contribution >= 0.6 is 0 Å². The van der Waals surface area contributed by atoms with Gasteiger partial charge in [-0.2, -0.15) is 0 Å². The summed E-state index contributed by atoms with van der Waals surface area (Å²) in [5.41, 5.74) is 0.944. The summed E-state index contributed by atoms with van der Waals surface area (Å²) in [6, 6.07) is 10.4. The van der Waals surface area contributed by atoms with Crippen LogP contribution < -0.4 is 5.32 Å². The van der Waals surface area contributed by atoms with E-state index in [-0.39, 0.29) is 6.04 Å². The van der Waals surface area contributed by atoms with E-state index in [1.165, 1.54) is 0 Å². The SMILES string of the molecule is C#CCCCC(NC)c1cc2ccccc2o1. The molecule has 0 bridgehead atoms. The summed E-state index contributed by atoms with van der Waals surface area (Å²) in [5.74, 6) is 3.66. The standard InChI is InChI=1S/C15H17NO/c1-3-4-5-9-13(16-2)15-11-12-8-6-7-10-14(12)17-15/h1,6-8,10-11,13,16H,4-5,9H2,2H3. The van der Waals surface area contributed by atoms with Gasteiger partial charge in [0.25, 0.3) is 0 Å². The number of fused-ring (bicyclic) bond motifs is 1. The van der Waals surface area contributed by atoms with Crippen LogP contribution in [0.3, 0.4) is 0 Å². The predicted octanol–water partition coefficient (Wildman–Crippen LogP) is 3.50. The summed E-state index contributed by atoms with van der Waals surface area (Å²) in [7, 11) is 1.95. The van der Waals surface area contributed by atoms with E-state index in [2.05, 4.69) is 23.4 Å². The van der Waals surface area contributed by atoms with Gasteiger partial charge in [-0.05, 0) is 32.0 Å². The second-order valence-electron chi connectivity index (χ2n) is 4.12. The summed E-state index contributed by atoms with van der Waals surface area (Å²) < 4.78 is 5.84. The monoisotopic (exact) mass is 227 g/mol. The van der Waals surface area contributed by atoms with Crippen molar-refractivity contribution in [3.63, 3.8) is 0 Å². The van der Waals surface area contributed by atoms with Gasteiger partial charge in [-0.3, -0.25) is 0 Å². The minimum Gasteiger partial charge on any atom is -0.459 e. The van der Waals surface area contributed by atoms with Crippen LogP contribution in [0.2, 0.25) is 0 Å². The van der Waals surface area contributed by atoms with Crippen molar-refractivity contribution in [2.45, 2.75) is 25.3 Å². The van der Waals surface area contributed by atoms with Crippen molar-refractivity contribution in [1.29, 1.82) is 0 Å². The van der Waals surface area contributed by atoms with Crippen LogP contribution in [0.1, 0.15) is 31.1 Å². The molecule has 1 N–H and O–H groups in total. The molecule has 0 aliphatic heterocycles. The average Bonchev–Trinajstić information content (AvgIpc) is 2.78. The molecule has 0 amide bonds. The Hall–Kier alpha value is -1.72. The third-order valence-electron chi connectivity index (χ3n) is 2.95. The van der Waals surface area contributed by atoms with Gasteiger partial charge < -0.3 is 9.73 Å². The lowest BCUT2D eigenvalue weighted by atomic mass is 10.1. The van der Waals surface area contributed by atoms with E-state index in [0.29, 0.717) is 0 Å². The molecule has 1 heterocycles. The smallest absolute Gasteiger partial charge is 0.134 e. The molecule has 17 heavy (non-hydrogen) atoms. The maximum absolute atomic E-state index is 5.84. The Bertz CT molecular complexity index is 488. The van der Waals surface area contributed by atoms with Gasteiger partial charge in [-0.1, -0.05) is 18.2 Å². The van der Waals surface area contributed by atoms with Crippen LogP contribution in [0.4, 0.5) is 0 Å². The number of terminal acetylenes is 1. The maximum Gasteiger partial charge on any atom is 0.134 e. The van der Waals surface area contributed by atoms with Crippen LogP contribution in [0.15, 0.2) is 34.7 Å². The van der Waals surface area contributed by atoms with Gasteiger partial charge in [0.15, 0.2) is 0 Å². The normalized spacial score (nSPS) is 12.5. The number of para-hydroxylation sites is 1. The summed E-state index contributed by atoms with van der Waals surface area (Å²) in [5, 5.41) is 4.43. The molecular weight excluding hydrogens is 210 g/mol. The number of hydrogen-bond acceptors (Lipinski definition) is 2. The van der Waals surface area contributed by atoms with Gasteiger partial charge in [-0.25, -0.2) is 0 Å². The van der Waals surface area contributed by atoms with E-state index in [4.69, 9.17) is 10.8 Å². The van der Waals surface area contributed by atoms with Gasteiger partial charge in [0, 0.05) is 11.8 Å². The fourth-order valence-electron chi connectivity index (χ4n) is 2.01. The molecule has 0 fully saturated rings. The molecule has 1 unspecified atom stereocenters. The first-order valence-corrected chi connectivity index (χ1v) is 5.94. The van der Waals surface area contributed by atoms with Crippen molar-refractivity contribution in [3.8, 4) is 12.3 Å². The molecule has 1 aromatic heterocycles. The van der Waals surface area contributed by atoms with Crippen molar-refractivity contribution in [1.82, 2.24) is 5.32 Å². The minimum absolute atomic E-state index is 0.246. The van der Waals surface area contributed by atoms with E-state index in [1.807, 2.05) is 25.2 Å². The maximum atomic E-state index is 5.84. The van der Waals surface area contributed by atoms with E-state index >= 15 is 0 Å². The first kappa shape index (κ1) is 11.8. The van der Waals surface area contributed by atoms with Gasteiger partial charge in [0.05, 0.1) is 6.04 Å². The quantitative estimate of drug-likeness (QED) is 0.624. The summed E-state index contributed by atoms with van der Waals surface area (Å²) in [6.45, 7) is 0. The molecule has 1 atom stereocenters. The highest BCUT2D eigenvalue weighted by Crippen LogP contribution is 2.26. The highest BCUT2D eigenvalue weighted by Gasteiger charge is 2.13. The molecule has 0 spiro atoms. The van der Waals surface area contributed by atoms with Crippen molar-refractivity contribution in [2.24, 2.45) is 0 Å². The summed E-state index contributed by atoms with van der Waals surface area (Å²) in [4.78, 5) is 0. The number of benzene rings is 1. The average molecular weight is 227 g/mol. The Kier molecular flexibility index (Phi) is 3.85. The fourth-order valence-corrected chi connectivity index (χ4v) is 2.01.